The summed E-state index contributed by atoms with van der Waals surface area (Å²) in [7, 11) is 4.75. The highest BCUT2D eigenvalue weighted by atomic mass is 16.8. The minimum absolute atomic E-state index is 0.0220. The van der Waals surface area contributed by atoms with Gasteiger partial charge in [0.1, 0.15) is 53.4 Å². The molecular formula is C56H90O22. The average molecular weight is 1120 g/mol. The van der Waals surface area contributed by atoms with Gasteiger partial charge in [-0.05, 0) is 91.9 Å². The first-order valence-electron chi connectivity index (χ1n) is 28.5. The predicted octanol–water partition coefficient (Wildman–Crippen LogP) is 2.77. The van der Waals surface area contributed by atoms with Gasteiger partial charge < -0.3 is 97.0 Å². The number of ketones is 1. The van der Waals surface area contributed by atoms with Gasteiger partial charge in [0, 0.05) is 66.3 Å². The van der Waals surface area contributed by atoms with Crippen LogP contribution in [0.2, 0.25) is 0 Å². The quantitative estimate of drug-likeness (QED) is 0.102. The van der Waals surface area contributed by atoms with Crippen LogP contribution in [0.1, 0.15) is 139 Å². The number of Topliss-reactive ketones (excluding diaryl/α,β-unsaturated/α-hetero) is 1. The van der Waals surface area contributed by atoms with Gasteiger partial charge in [0.25, 0.3) is 0 Å². The van der Waals surface area contributed by atoms with Gasteiger partial charge >= 0.3 is 5.97 Å². The van der Waals surface area contributed by atoms with Gasteiger partial charge in [-0.15, -0.1) is 0 Å². The Balaban J connectivity index is 0.766. The number of carbonyl (C=O) groups excluding carboxylic acids is 2. The van der Waals surface area contributed by atoms with E-state index in [1.54, 1.807) is 42.1 Å². The molecule has 3 saturated carbocycles. The van der Waals surface area contributed by atoms with Gasteiger partial charge in [-0.2, -0.15) is 0 Å². The lowest BCUT2D eigenvalue weighted by Gasteiger charge is -2.66. The third-order valence-corrected chi connectivity index (χ3v) is 20.1. The largest absolute Gasteiger partial charge is 0.459 e. The molecule has 6 N–H and O–H groups in total. The second kappa shape index (κ2) is 23.3. The lowest BCUT2D eigenvalue weighted by molar-refractivity contribution is -0.351. The fraction of sp³-hybridized carbons (Fsp3) is 0.929. The molecule has 0 radical (unpaired) electrons. The summed E-state index contributed by atoms with van der Waals surface area (Å²) in [6.45, 7) is 15.3. The zero-order chi connectivity index (χ0) is 56.6. The van der Waals surface area contributed by atoms with E-state index in [1.807, 2.05) is 19.9 Å². The van der Waals surface area contributed by atoms with E-state index in [-0.39, 0.29) is 51.0 Å². The first kappa shape index (κ1) is 60.7. The standard InChI is InChI=1S/C56H90O22/c1-26-47(61)36(65-10)21-43(68-26)76-49-28(3)70-44(22-37(49)66-11)77-50-29(4)71-45(23-38(50)67-12)78-51-30(5)72-46(24-39(51)73-32(7)58)75-48-27(2)69-42(20-35(48)59)74-34-14-15-52(8)33(19-34)13-16-55(63)40(52)25-41(60)53(9)54(62,31(6)57)17-18-56(53,55)64/h13,26-30,34-51,59-64H,14-25H2,1-12H3/t26-,27+,28+,29-,30+,34-,35-,36+,37-,38+,39-,40+,41+,42-,43-,44-,45-,46-,47-,48+,49+,50-,51+,52-,53+,54+,55-,56+/m0/s1. The second-order valence-electron chi connectivity index (χ2n) is 24.5. The highest BCUT2D eigenvalue weighted by molar-refractivity contribution is 5.87. The highest BCUT2D eigenvalue weighted by Crippen LogP contribution is 2.70. The van der Waals surface area contributed by atoms with Crippen LogP contribution >= 0.6 is 0 Å². The molecule has 22 nitrogen and oxygen atoms in total. The zero-order valence-electron chi connectivity index (χ0n) is 47.6. The fourth-order valence-corrected chi connectivity index (χ4v) is 15.5. The van der Waals surface area contributed by atoms with Crippen molar-refractivity contribution in [3.05, 3.63) is 11.6 Å². The molecular weight excluding hydrogens is 1020 g/mol. The lowest BCUT2D eigenvalue weighted by atomic mass is 9.42. The van der Waals surface area contributed by atoms with Crippen molar-refractivity contribution in [3.63, 3.8) is 0 Å². The Morgan fingerprint density at radius 2 is 1.04 bits per heavy atom. The molecule has 0 aromatic heterocycles. The maximum atomic E-state index is 12.8. The Kier molecular flexibility index (Phi) is 18.1. The number of aliphatic hydroxyl groups is 6. The molecule has 22 heteroatoms. The number of hydrogen-bond donors (Lipinski definition) is 6. The number of ether oxygens (including phenoxy) is 14. The predicted molar refractivity (Wildman–Crippen MR) is 271 cm³/mol. The van der Waals surface area contributed by atoms with Crippen LogP contribution in [0.15, 0.2) is 11.6 Å². The zero-order valence-corrected chi connectivity index (χ0v) is 47.6. The molecule has 28 atom stereocenters. The van der Waals surface area contributed by atoms with Crippen LogP contribution in [0.4, 0.5) is 0 Å². The monoisotopic (exact) mass is 1110 g/mol. The minimum atomic E-state index is -1.97. The molecule has 9 aliphatic rings. The van der Waals surface area contributed by atoms with E-state index in [0.29, 0.717) is 32.1 Å². The van der Waals surface area contributed by atoms with Crippen LogP contribution in [-0.2, 0) is 75.9 Å². The summed E-state index contributed by atoms with van der Waals surface area (Å²) in [5, 5.41) is 70.4. The van der Waals surface area contributed by atoms with Crippen molar-refractivity contribution < 1.29 is 107 Å². The summed E-state index contributed by atoms with van der Waals surface area (Å²) < 4.78 is 87.2. The molecule has 0 amide bonds. The number of rotatable bonds is 15. The Morgan fingerprint density at radius 1 is 0.577 bits per heavy atom. The molecule has 0 bridgehead atoms. The van der Waals surface area contributed by atoms with E-state index >= 15 is 0 Å². The van der Waals surface area contributed by atoms with Crippen molar-refractivity contribution in [1.29, 1.82) is 0 Å². The first-order valence-corrected chi connectivity index (χ1v) is 28.5. The van der Waals surface area contributed by atoms with Gasteiger partial charge in [0.05, 0.1) is 72.6 Å². The fourth-order valence-electron chi connectivity index (χ4n) is 15.5. The summed E-state index contributed by atoms with van der Waals surface area (Å²) in [5.41, 5.74) is -6.78. The van der Waals surface area contributed by atoms with Gasteiger partial charge in [-0.1, -0.05) is 25.5 Å². The van der Waals surface area contributed by atoms with E-state index in [1.165, 1.54) is 20.8 Å². The Morgan fingerprint density at radius 3 is 1.54 bits per heavy atom. The van der Waals surface area contributed by atoms with E-state index in [4.69, 9.17) is 66.3 Å². The molecule has 4 aliphatic carbocycles. The van der Waals surface area contributed by atoms with Crippen LogP contribution in [0.25, 0.3) is 0 Å². The van der Waals surface area contributed by atoms with Crippen molar-refractivity contribution >= 4 is 11.8 Å². The van der Waals surface area contributed by atoms with Crippen molar-refractivity contribution in [2.45, 2.75) is 291 Å². The maximum absolute atomic E-state index is 12.8. The molecule has 446 valence electrons. The van der Waals surface area contributed by atoms with Gasteiger partial charge in [-0.3, -0.25) is 9.59 Å². The normalized spacial score (nSPS) is 52.6. The summed E-state index contributed by atoms with van der Waals surface area (Å²) in [6.07, 6.45) is -9.70. The minimum Gasteiger partial charge on any atom is -0.459 e. The molecule has 0 aromatic rings. The Labute approximate surface area is 458 Å². The lowest BCUT2D eigenvalue weighted by Crippen LogP contribution is -2.78. The van der Waals surface area contributed by atoms with Crippen LogP contribution < -0.4 is 0 Å². The van der Waals surface area contributed by atoms with Crippen molar-refractivity contribution in [2.24, 2.45) is 16.7 Å². The van der Waals surface area contributed by atoms with E-state index < -0.39 is 174 Å². The first-order chi connectivity index (χ1) is 36.7. The van der Waals surface area contributed by atoms with Crippen LogP contribution in [0.5, 0.6) is 0 Å². The SMILES string of the molecule is CO[C@H]1C[C@H](O[C@H]2[C@H](C)O[C@@H](O[C@H]3[C@@H](OC(C)=O)C[C@H](O[C@H]4[C@@H](O)C[C@H](O[C@H]5CC[C@@]6(C)C(=CC[C@]7(O)[C@@H]6C[C@@H](O)[C@@]6(C)[C@]7(O)CC[C@@]6(O)C(C)=O)C5)O[C@@H]4C)O[C@@H]3C)C[C@H]2OC)O[C@H](C)[C@H]1O[C@H]1C[C@@H](OC)[C@@H](O)[C@H](C)O1. The average Bonchev–Trinajstić information content (AvgIpc) is 2.74. The topological polar surface area (TPSA) is 285 Å². The number of fused-ring (bicyclic) bond motifs is 5. The smallest absolute Gasteiger partial charge is 0.302 e. The number of hydrogen-bond acceptors (Lipinski definition) is 22. The number of methoxy groups -OCH3 is 3. The molecule has 9 rings (SSSR count). The van der Waals surface area contributed by atoms with Gasteiger partial charge in [-0.25, -0.2) is 0 Å². The highest BCUT2D eigenvalue weighted by Gasteiger charge is 2.80. The van der Waals surface area contributed by atoms with E-state index in [0.717, 1.165) is 5.57 Å². The van der Waals surface area contributed by atoms with E-state index in [9.17, 15) is 40.2 Å². The summed E-state index contributed by atoms with van der Waals surface area (Å²) >= 11 is 0. The Bertz CT molecular complexity index is 2120. The summed E-state index contributed by atoms with van der Waals surface area (Å²) in [4.78, 5) is 25.4. The molecule has 5 heterocycles. The van der Waals surface area contributed by atoms with Crippen LogP contribution in [0, 0.1) is 16.7 Å². The van der Waals surface area contributed by atoms with Crippen molar-refractivity contribution in [1.82, 2.24) is 0 Å². The third kappa shape index (κ3) is 10.7. The molecule has 0 unspecified atom stereocenters. The molecule has 78 heavy (non-hydrogen) atoms. The third-order valence-electron chi connectivity index (χ3n) is 20.1. The number of aliphatic hydroxyl groups excluding tert-OH is 3. The van der Waals surface area contributed by atoms with Crippen molar-refractivity contribution in [3.8, 4) is 0 Å². The number of carbonyl (C=O) groups is 2. The molecule has 8 fully saturated rings. The second-order valence-corrected chi connectivity index (χ2v) is 24.5. The Hall–Kier alpha value is -1.88. The van der Waals surface area contributed by atoms with Crippen LogP contribution in [-0.4, -0.2) is 216 Å². The van der Waals surface area contributed by atoms with Gasteiger partial charge in [0.2, 0.25) is 0 Å². The molecule has 0 aromatic carbocycles. The molecule has 0 spiro atoms. The summed E-state index contributed by atoms with van der Waals surface area (Å²) in [6, 6.07) is 0. The summed E-state index contributed by atoms with van der Waals surface area (Å²) in [5.74, 6) is -1.60. The molecule has 5 saturated heterocycles. The number of esters is 1. The van der Waals surface area contributed by atoms with E-state index in [2.05, 4.69) is 6.92 Å². The van der Waals surface area contributed by atoms with Gasteiger partial charge in [0.15, 0.2) is 37.2 Å². The van der Waals surface area contributed by atoms with Crippen molar-refractivity contribution in [2.75, 3.05) is 21.3 Å². The maximum Gasteiger partial charge on any atom is 0.302 e. The molecule has 5 aliphatic heterocycles. The van der Waals surface area contributed by atoms with Crippen LogP contribution in [0.3, 0.4) is 0 Å².